The molecule has 0 N–H and O–H groups in total. The molecule has 0 spiro atoms. The van der Waals surface area contributed by atoms with E-state index in [9.17, 15) is 4.79 Å². The molecule has 12 nitrogen and oxygen atoms in total. The summed E-state index contributed by atoms with van der Waals surface area (Å²) in [4.78, 5) is 11.7. The quantitative estimate of drug-likeness (QED) is 0.0513. The molecule has 0 heterocycles. The van der Waals surface area contributed by atoms with Crippen LogP contribution in [0.4, 0.5) is 0 Å². The van der Waals surface area contributed by atoms with Crippen molar-refractivity contribution in [3.63, 3.8) is 0 Å². The van der Waals surface area contributed by atoms with E-state index in [0.29, 0.717) is 139 Å². The van der Waals surface area contributed by atoms with Crippen molar-refractivity contribution in [1.82, 2.24) is 0 Å². The molecule has 45 heavy (non-hydrogen) atoms. The zero-order valence-corrected chi connectivity index (χ0v) is 29.6. The van der Waals surface area contributed by atoms with Crippen LogP contribution in [0.15, 0.2) is 0 Å². The Hall–Kier alpha value is -0.450. The maximum Gasteiger partial charge on any atom is 0.305 e. The summed E-state index contributed by atoms with van der Waals surface area (Å²) in [5.74, 6) is -0.139. The zero-order chi connectivity index (χ0) is 32.6. The molecule has 0 radical (unpaired) electrons. The van der Waals surface area contributed by atoms with E-state index in [2.05, 4.69) is 22.9 Å². The van der Waals surface area contributed by atoms with Gasteiger partial charge in [0.15, 0.2) is 0 Å². The maximum absolute atomic E-state index is 11.7. The molecule has 0 aromatic rings. The minimum Gasteiger partial charge on any atom is -0.463 e. The van der Waals surface area contributed by atoms with Gasteiger partial charge in [-0.25, -0.2) is 0 Å². The Morgan fingerprint density at radius 1 is 0.378 bits per heavy atom. The van der Waals surface area contributed by atoms with E-state index in [-0.39, 0.29) is 12.6 Å². The summed E-state index contributed by atoms with van der Waals surface area (Å²) in [7, 11) is 0. The normalized spacial score (nSPS) is 11.4. The lowest BCUT2D eigenvalue weighted by molar-refractivity contribution is -0.145. The van der Waals surface area contributed by atoms with E-state index in [1.165, 1.54) is 32.1 Å². The molecule has 0 aromatic carbocycles. The van der Waals surface area contributed by atoms with Crippen LogP contribution >= 0.6 is 15.9 Å². The van der Waals surface area contributed by atoms with Crippen LogP contribution in [0.2, 0.25) is 0 Å². The first kappa shape index (κ1) is 44.5. The molecule has 0 unspecified atom stereocenters. The predicted molar refractivity (Wildman–Crippen MR) is 176 cm³/mol. The molecule has 0 aromatic heterocycles. The van der Waals surface area contributed by atoms with Crippen molar-refractivity contribution in [2.45, 2.75) is 58.3 Å². The first-order valence-corrected chi connectivity index (χ1v) is 17.9. The van der Waals surface area contributed by atoms with Crippen LogP contribution in [0, 0.1) is 0 Å². The fraction of sp³-hybridized carbons (Fsp3) is 0.969. The molecule has 0 saturated carbocycles. The van der Waals surface area contributed by atoms with Crippen LogP contribution in [0.5, 0.6) is 0 Å². The number of alkyl halides is 1. The van der Waals surface area contributed by atoms with Gasteiger partial charge in [-0.2, -0.15) is 0 Å². The Kier molecular flexibility index (Phi) is 41.2. The zero-order valence-electron chi connectivity index (χ0n) is 28.0. The fourth-order valence-electron chi connectivity index (χ4n) is 3.65. The Morgan fingerprint density at radius 3 is 0.956 bits per heavy atom. The largest absolute Gasteiger partial charge is 0.463 e. The summed E-state index contributed by atoms with van der Waals surface area (Å²) in [5, 5.41) is 0.836. The highest BCUT2D eigenvalue weighted by Gasteiger charge is 2.03. The smallest absolute Gasteiger partial charge is 0.305 e. The fourth-order valence-corrected chi connectivity index (χ4v) is 3.88. The number of hydrogen-bond acceptors (Lipinski definition) is 12. The van der Waals surface area contributed by atoms with Crippen molar-refractivity contribution in [3.05, 3.63) is 0 Å². The summed E-state index contributed by atoms with van der Waals surface area (Å²) in [5.41, 5.74) is 0. The van der Waals surface area contributed by atoms with Gasteiger partial charge in [-0.1, -0.05) is 61.4 Å². The lowest BCUT2D eigenvalue weighted by Crippen LogP contribution is -2.15. The first-order valence-electron chi connectivity index (χ1n) is 16.8. The first-order chi connectivity index (χ1) is 22.3. The number of ether oxygens (including phenoxy) is 11. The van der Waals surface area contributed by atoms with Gasteiger partial charge in [0.2, 0.25) is 0 Å². The van der Waals surface area contributed by atoms with Gasteiger partial charge in [0.25, 0.3) is 0 Å². The lowest BCUT2D eigenvalue weighted by Gasteiger charge is -2.09. The van der Waals surface area contributed by atoms with Crippen LogP contribution in [-0.4, -0.2) is 150 Å². The summed E-state index contributed by atoms with van der Waals surface area (Å²) >= 11 is 3.30. The molecule has 0 atom stereocenters. The third-order valence-electron chi connectivity index (χ3n) is 6.04. The van der Waals surface area contributed by atoms with Gasteiger partial charge in [0, 0.05) is 11.8 Å². The van der Waals surface area contributed by atoms with E-state index in [1.807, 2.05) is 0 Å². The third kappa shape index (κ3) is 41.5. The Labute approximate surface area is 280 Å². The molecule has 13 heteroatoms. The highest BCUT2D eigenvalue weighted by molar-refractivity contribution is 9.09. The van der Waals surface area contributed by atoms with E-state index in [0.717, 1.165) is 18.2 Å². The van der Waals surface area contributed by atoms with E-state index >= 15 is 0 Å². The van der Waals surface area contributed by atoms with Gasteiger partial charge in [0.1, 0.15) is 6.61 Å². The molecule has 0 saturated heterocycles. The summed E-state index contributed by atoms with van der Waals surface area (Å²) in [6, 6.07) is 0. The van der Waals surface area contributed by atoms with E-state index in [4.69, 9.17) is 52.1 Å². The van der Waals surface area contributed by atoms with Gasteiger partial charge in [-0.05, 0) is 6.42 Å². The minimum absolute atomic E-state index is 0.139. The van der Waals surface area contributed by atoms with Crippen molar-refractivity contribution in [1.29, 1.82) is 0 Å². The number of halogens is 1. The highest BCUT2D eigenvalue weighted by atomic mass is 79.9. The van der Waals surface area contributed by atoms with Crippen LogP contribution in [-0.2, 0) is 56.9 Å². The van der Waals surface area contributed by atoms with E-state index < -0.39 is 0 Å². The monoisotopic (exact) mass is 718 g/mol. The molecule has 0 aliphatic carbocycles. The van der Waals surface area contributed by atoms with Crippen molar-refractivity contribution in [3.8, 4) is 0 Å². The third-order valence-corrected chi connectivity index (χ3v) is 6.37. The SMILES string of the molecule is CCCCCCCCCC(=O)OCCOCCOCCOCCOCCOCCOCCOCCOCCOCCOCCBr. The van der Waals surface area contributed by atoms with Crippen LogP contribution in [0.3, 0.4) is 0 Å². The number of esters is 1. The minimum atomic E-state index is -0.139. The summed E-state index contributed by atoms with van der Waals surface area (Å²) in [6.07, 6.45) is 8.81. The Balaban J connectivity index is 3.09. The molecule has 0 fully saturated rings. The van der Waals surface area contributed by atoms with Crippen LogP contribution < -0.4 is 0 Å². The second-order valence-corrected chi connectivity index (χ2v) is 10.7. The second-order valence-electron chi connectivity index (χ2n) is 9.90. The average molecular weight is 720 g/mol. The Bertz CT molecular complexity index is 562. The molecule has 0 bridgehead atoms. The van der Waals surface area contributed by atoms with Gasteiger partial charge in [0.05, 0.1) is 132 Å². The standard InChI is InChI=1S/C32H63BrO12/c1-2-3-4-5-6-7-8-9-32(34)45-31-30-44-29-28-43-27-26-42-25-24-41-23-22-40-21-20-39-19-18-38-17-16-37-15-14-36-13-12-35-11-10-33/h2-31H2,1H3. The highest BCUT2D eigenvalue weighted by Crippen LogP contribution is 2.08. The van der Waals surface area contributed by atoms with Gasteiger partial charge in [-0.15, -0.1) is 0 Å². The summed E-state index contributed by atoms with van der Waals surface area (Å²) < 4.78 is 59.5. The van der Waals surface area contributed by atoms with Crippen molar-refractivity contribution in [2.75, 3.05) is 144 Å². The van der Waals surface area contributed by atoms with Gasteiger partial charge in [-0.3, -0.25) is 4.79 Å². The average Bonchev–Trinajstić information content (AvgIpc) is 3.05. The van der Waals surface area contributed by atoms with E-state index in [1.54, 1.807) is 0 Å². The summed E-state index contributed by atoms with van der Waals surface area (Å²) in [6.45, 7) is 12.9. The van der Waals surface area contributed by atoms with Gasteiger partial charge >= 0.3 is 5.97 Å². The van der Waals surface area contributed by atoms with Crippen LogP contribution in [0.1, 0.15) is 58.3 Å². The molecule has 270 valence electrons. The van der Waals surface area contributed by atoms with Crippen molar-refractivity contribution < 1.29 is 56.9 Å². The maximum atomic E-state index is 11.7. The number of unbranched alkanes of at least 4 members (excludes halogenated alkanes) is 6. The lowest BCUT2D eigenvalue weighted by atomic mass is 10.1. The number of carbonyl (C=O) groups excluding carboxylic acids is 1. The molecule has 0 rings (SSSR count). The van der Waals surface area contributed by atoms with Gasteiger partial charge < -0.3 is 52.1 Å². The number of hydrogen-bond donors (Lipinski definition) is 0. The molecule has 0 amide bonds. The van der Waals surface area contributed by atoms with Crippen LogP contribution in [0.25, 0.3) is 0 Å². The number of rotatable bonds is 40. The van der Waals surface area contributed by atoms with Crippen molar-refractivity contribution >= 4 is 21.9 Å². The topological polar surface area (TPSA) is 119 Å². The van der Waals surface area contributed by atoms with Crippen molar-refractivity contribution in [2.24, 2.45) is 0 Å². The second kappa shape index (κ2) is 41.6. The molecule has 0 aliphatic rings. The molecular weight excluding hydrogens is 656 g/mol. The Morgan fingerprint density at radius 2 is 0.644 bits per heavy atom. The molecule has 0 aliphatic heterocycles. The molecular formula is C32H63BrO12. The number of carbonyl (C=O) groups is 1. The predicted octanol–water partition coefficient (Wildman–Crippen LogP) is 4.23.